The molecule has 1 heterocycles. The Balaban J connectivity index is 0.00000261. The second-order valence-electron chi connectivity index (χ2n) is 6.20. The summed E-state index contributed by atoms with van der Waals surface area (Å²) in [5, 5.41) is 19.1. The first kappa shape index (κ1) is 20.3. The lowest BCUT2D eigenvalue weighted by Gasteiger charge is -2.13. The number of amidine groups is 1. The number of carboxylic acid groups (broad SMARTS) is 1. The van der Waals surface area contributed by atoms with Gasteiger partial charge in [-0.1, -0.05) is 48.5 Å². The number of carbonyl (C=O) groups is 2. The van der Waals surface area contributed by atoms with E-state index in [4.69, 9.17) is 16.2 Å². The highest BCUT2D eigenvalue weighted by Gasteiger charge is 2.29. The van der Waals surface area contributed by atoms with Gasteiger partial charge in [0.25, 0.3) is 0 Å². The molecule has 2 aromatic rings. The number of halogens is 1. The van der Waals surface area contributed by atoms with Gasteiger partial charge in [0.05, 0.1) is 12.5 Å². The summed E-state index contributed by atoms with van der Waals surface area (Å²) in [6, 6.07) is 14.9. The summed E-state index contributed by atoms with van der Waals surface area (Å²) < 4.78 is 0. The van der Waals surface area contributed by atoms with E-state index in [9.17, 15) is 9.59 Å². The van der Waals surface area contributed by atoms with Crippen LogP contribution in [0.4, 0.5) is 4.79 Å². The van der Waals surface area contributed by atoms with Crippen molar-refractivity contribution in [3.05, 3.63) is 59.7 Å². The molecule has 0 aliphatic carbocycles. The molecule has 0 radical (unpaired) electrons. The zero-order valence-electron chi connectivity index (χ0n) is 14.5. The van der Waals surface area contributed by atoms with Crippen LogP contribution in [0.5, 0.6) is 0 Å². The topological polar surface area (TPSA) is 120 Å². The molecule has 1 aliphatic rings. The van der Waals surface area contributed by atoms with Gasteiger partial charge in [-0.25, -0.2) is 4.79 Å². The predicted octanol–water partition coefficient (Wildman–Crippen LogP) is 2.60. The smallest absolute Gasteiger partial charge is 0.318 e. The highest BCUT2D eigenvalue weighted by molar-refractivity contribution is 5.95. The summed E-state index contributed by atoms with van der Waals surface area (Å²) in [6.07, 6.45) is -0.0602. The fourth-order valence-electron chi connectivity index (χ4n) is 2.95. The second-order valence-corrected chi connectivity index (χ2v) is 6.20. The Bertz CT molecular complexity index is 837. The first-order chi connectivity index (χ1) is 12.4. The quantitative estimate of drug-likeness (QED) is 0.449. The van der Waals surface area contributed by atoms with Crippen molar-refractivity contribution in [3.8, 4) is 11.1 Å². The van der Waals surface area contributed by atoms with Gasteiger partial charge in [-0.2, -0.15) is 0 Å². The number of nitrogens with one attached hydrogen (secondary N) is 2. The van der Waals surface area contributed by atoms with E-state index in [0.717, 1.165) is 16.7 Å². The summed E-state index contributed by atoms with van der Waals surface area (Å²) in [4.78, 5) is 24.1. The first-order valence-electron chi connectivity index (χ1n) is 8.26. The normalized spacial score (nSPS) is 15.8. The van der Waals surface area contributed by atoms with Crippen molar-refractivity contribution in [2.75, 3.05) is 13.1 Å². The SMILES string of the molecule is Cl.N=C(N)c1ccc(-c2ccc(C3CN(CCC(=O)O)C(=O)N3)cc2)cc1. The Hall–Kier alpha value is -3.06. The number of amides is 2. The third-order valence-electron chi connectivity index (χ3n) is 4.43. The average Bonchev–Trinajstić information content (AvgIpc) is 3.01. The van der Waals surface area contributed by atoms with Crippen molar-refractivity contribution < 1.29 is 14.7 Å². The van der Waals surface area contributed by atoms with E-state index in [1.165, 1.54) is 4.90 Å². The molecule has 0 spiro atoms. The van der Waals surface area contributed by atoms with Crippen molar-refractivity contribution in [2.24, 2.45) is 5.73 Å². The molecule has 0 saturated carbocycles. The fourth-order valence-corrected chi connectivity index (χ4v) is 2.95. The molecule has 1 saturated heterocycles. The molecule has 2 aromatic carbocycles. The van der Waals surface area contributed by atoms with E-state index in [1.807, 2.05) is 48.5 Å². The van der Waals surface area contributed by atoms with Crippen LogP contribution in [0.3, 0.4) is 0 Å². The number of carbonyl (C=O) groups excluding carboxylic acids is 1. The summed E-state index contributed by atoms with van der Waals surface area (Å²) in [5.74, 6) is -0.877. The number of hydrogen-bond acceptors (Lipinski definition) is 3. The molecule has 0 bridgehead atoms. The minimum absolute atomic E-state index is 0. The maximum Gasteiger partial charge on any atom is 0.318 e. The molecular formula is C19H21ClN4O3. The van der Waals surface area contributed by atoms with Crippen LogP contribution < -0.4 is 11.1 Å². The molecule has 142 valence electrons. The number of nitrogens with two attached hydrogens (primary N) is 1. The van der Waals surface area contributed by atoms with E-state index >= 15 is 0 Å². The molecule has 1 aliphatic heterocycles. The van der Waals surface area contributed by atoms with E-state index < -0.39 is 5.97 Å². The third-order valence-corrected chi connectivity index (χ3v) is 4.43. The second kappa shape index (κ2) is 8.55. The summed E-state index contributed by atoms with van der Waals surface area (Å²) in [5.41, 5.74) is 9.16. The molecule has 2 amide bonds. The van der Waals surface area contributed by atoms with Gasteiger partial charge in [-0.3, -0.25) is 10.2 Å². The van der Waals surface area contributed by atoms with Gasteiger partial charge in [0.15, 0.2) is 0 Å². The molecule has 0 aromatic heterocycles. The average molecular weight is 389 g/mol. The number of urea groups is 1. The number of aliphatic carboxylic acids is 1. The molecule has 1 unspecified atom stereocenters. The minimum Gasteiger partial charge on any atom is -0.481 e. The van der Waals surface area contributed by atoms with Gasteiger partial charge in [0.1, 0.15) is 5.84 Å². The van der Waals surface area contributed by atoms with E-state index in [1.54, 1.807) is 0 Å². The minimum atomic E-state index is -0.915. The molecule has 5 N–H and O–H groups in total. The Kier molecular flexibility index (Phi) is 6.41. The van der Waals surface area contributed by atoms with Crippen LogP contribution in [-0.2, 0) is 4.79 Å². The Morgan fingerprint density at radius 3 is 2.22 bits per heavy atom. The molecule has 8 heteroatoms. The summed E-state index contributed by atoms with van der Waals surface area (Å²) in [6.45, 7) is 0.664. The number of carboxylic acids is 1. The highest BCUT2D eigenvalue weighted by Crippen LogP contribution is 2.25. The van der Waals surface area contributed by atoms with Crippen LogP contribution in [0.1, 0.15) is 23.6 Å². The largest absolute Gasteiger partial charge is 0.481 e. The van der Waals surface area contributed by atoms with Crippen LogP contribution >= 0.6 is 12.4 Å². The van der Waals surface area contributed by atoms with Gasteiger partial charge in [0.2, 0.25) is 0 Å². The van der Waals surface area contributed by atoms with Crippen LogP contribution in [0.25, 0.3) is 11.1 Å². The van der Waals surface area contributed by atoms with Crippen molar-refractivity contribution in [3.63, 3.8) is 0 Å². The number of nitrogen functional groups attached to an aromatic ring is 1. The fraction of sp³-hybridized carbons (Fsp3) is 0.211. The molecule has 1 atom stereocenters. The lowest BCUT2D eigenvalue weighted by Crippen LogP contribution is -2.30. The standard InChI is InChI=1S/C19H20N4O3.ClH/c20-18(21)15-7-3-13(4-8-15)12-1-5-14(6-2-12)16-11-23(19(26)22-16)10-9-17(24)25;/h1-8,16H,9-11H2,(H3,20,21)(H,22,26)(H,24,25);1H. The van der Waals surface area contributed by atoms with Crippen molar-refractivity contribution >= 4 is 30.2 Å². The maximum atomic E-state index is 11.9. The molecule has 3 rings (SSSR count). The number of rotatable bonds is 6. The lowest BCUT2D eigenvalue weighted by molar-refractivity contribution is -0.137. The summed E-state index contributed by atoms with van der Waals surface area (Å²) >= 11 is 0. The summed E-state index contributed by atoms with van der Waals surface area (Å²) in [7, 11) is 0. The van der Waals surface area contributed by atoms with E-state index in [0.29, 0.717) is 12.1 Å². The van der Waals surface area contributed by atoms with E-state index in [-0.39, 0.29) is 43.3 Å². The lowest BCUT2D eigenvalue weighted by atomic mass is 10.00. The molecular weight excluding hydrogens is 368 g/mol. The zero-order chi connectivity index (χ0) is 18.7. The number of nitrogens with zero attached hydrogens (tertiary/aromatic N) is 1. The highest BCUT2D eigenvalue weighted by atomic mass is 35.5. The van der Waals surface area contributed by atoms with Crippen molar-refractivity contribution in [1.29, 1.82) is 5.41 Å². The maximum absolute atomic E-state index is 11.9. The van der Waals surface area contributed by atoms with Crippen molar-refractivity contribution in [1.82, 2.24) is 10.2 Å². The van der Waals surface area contributed by atoms with Crippen LogP contribution in [0, 0.1) is 5.41 Å². The van der Waals surface area contributed by atoms with Crippen LogP contribution in [0.2, 0.25) is 0 Å². The van der Waals surface area contributed by atoms with Gasteiger partial charge in [-0.05, 0) is 16.7 Å². The van der Waals surface area contributed by atoms with Crippen LogP contribution in [-0.4, -0.2) is 40.9 Å². The molecule has 7 nitrogen and oxygen atoms in total. The number of hydrogen-bond donors (Lipinski definition) is 4. The van der Waals surface area contributed by atoms with Crippen LogP contribution in [0.15, 0.2) is 48.5 Å². The Morgan fingerprint density at radius 2 is 1.70 bits per heavy atom. The Morgan fingerprint density at radius 1 is 1.15 bits per heavy atom. The zero-order valence-corrected chi connectivity index (χ0v) is 15.3. The third kappa shape index (κ3) is 4.77. The van der Waals surface area contributed by atoms with Gasteiger partial charge in [-0.15, -0.1) is 12.4 Å². The number of benzene rings is 2. The Labute approximate surface area is 163 Å². The van der Waals surface area contributed by atoms with Gasteiger partial charge in [0, 0.05) is 18.7 Å². The van der Waals surface area contributed by atoms with Gasteiger partial charge < -0.3 is 21.1 Å². The van der Waals surface area contributed by atoms with Crippen molar-refractivity contribution in [2.45, 2.75) is 12.5 Å². The van der Waals surface area contributed by atoms with E-state index in [2.05, 4.69) is 5.32 Å². The van der Waals surface area contributed by atoms with Gasteiger partial charge >= 0.3 is 12.0 Å². The first-order valence-corrected chi connectivity index (χ1v) is 8.26. The predicted molar refractivity (Wildman–Crippen MR) is 105 cm³/mol. The molecule has 1 fully saturated rings. The molecule has 27 heavy (non-hydrogen) atoms. The monoisotopic (exact) mass is 388 g/mol.